The first kappa shape index (κ1) is 19.9. The molecule has 5 heterocycles. The van der Waals surface area contributed by atoms with Gasteiger partial charge >= 0.3 is 0 Å². The van der Waals surface area contributed by atoms with Gasteiger partial charge in [0.05, 0.1) is 30.0 Å². The second kappa shape index (κ2) is 8.00. The Morgan fingerprint density at radius 3 is 2.91 bits per heavy atom. The molecule has 6 rings (SSSR count). The topological polar surface area (TPSA) is 93.8 Å². The van der Waals surface area contributed by atoms with E-state index >= 15 is 0 Å². The Bertz CT molecular complexity index is 1430. The fourth-order valence-electron chi connectivity index (χ4n) is 4.71. The SMILES string of the molecule is O=C(Cn1cnc2sccc2c1=O)N1N=C2C(=Cc3ccco3)CCCC2C1c1ccco1. The molecule has 8 nitrogen and oxygen atoms in total. The zero-order valence-electron chi connectivity index (χ0n) is 17.6. The van der Waals surface area contributed by atoms with Gasteiger partial charge in [0, 0.05) is 5.92 Å². The van der Waals surface area contributed by atoms with Crippen molar-refractivity contribution in [3.8, 4) is 0 Å². The van der Waals surface area contributed by atoms with E-state index in [-0.39, 0.29) is 30.0 Å². The number of nitrogens with zero attached hydrogens (tertiary/aromatic N) is 4. The molecular weight excluding hydrogens is 440 g/mol. The van der Waals surface area contributed by atoms with Gasteiger partial charge in [0.15, 0.2) is 0 Å². The maximum absolute atomic E-state index is 13.5. The van der Waals surface area contributed by atoms with Gasteiger partial charge in [-0.05, 0) is 66.6 Å². The lowest BCUT2D eigenvalue weighted by Crippen LogP contribution is -2.36. The summed E-state index contributed by atoms with van der Waals surface area (Å²) in [5.41, 5.74) is 1.71. The average molecular weight is 461 g/mol. The molecule has 166 valence electrons. The van der Waals surface area contributed by atoms with Gasteiger partial charge in [0.2, 0.25) is 0 Å². The third kappa shape index (κ3) is 3.45. The number of amides is 1. The van der Waals surface area contributed by atoms with Crippen molar-refractivity contribution in [2.75, 3.05) is 0 Å². The third-order valence-electron chi connectivity index (χ3n) is 6.21. The summed E-state index contributed by atoms with van der Waals surface area (Å²) >= 11 is 1.40. The maximum Gasteiger partial charge on any atom is 0.263 e. The lowest BCUT2D eigenvalue weighted by atomic mass is 9.79. The molecule has 33 heavy (non-hydrogen) atoms. The lowest BCUT2D eigenvalue weighted by Gasteiger charge is -2.27. The van der Waals surface area contributed by atoms with Gasteiger partial charge in [-0.2, -0.15) is 5.10 Å². The minimum Gasteiger partial charge on any atom is -0.467 e. The maximum atomic E-state index is 13.5. The number of hydrazone groups is 1. The molecule has 0 saturated heterocycles. The van der Waals surface area contributed by atoms with E-state index in [9.17, 15) is 9.59 Å². The van der Waals surface area contributed by atoms with Gasteiger partial charge in [-0.25, -0.2) is 9.99 Å². The molecule has 2 unspecified atom stereocenters. The Balaban J connectivity index is 1.37. The number of rotatable bonds is 4. The number of aromatic nitrogens is 2. The zero-order valence-corrected chi connectivity index (χ0v) is 18.4. The summed E-state index contributed by atoms with van der Waals surface area (Å²) in [5, 5.41) is 8.61. The first-order chi connectivity index (χ1) is 16.2. The van der Waals surface area contributed by atoms with E-state index in [4.69, 9.17) is 13.9 Å². The van der Waals surface area contributed by atoms with Crippen molar-refractivity contribution in [2.45, 2.75) is 31.8 Å². The molecule has 1 aliphatic carbocycles. The van der Waals surface area contributed by atoms with Crippen LogP contribution in [0.4, 0.5) is 0 Å². The van der Waals surface area contributed by atoms with E-state index in [1.807, 2.05) is 35.7 Å². The van der Waals surface area contributed by atoms with Crippen molar-refractivity contribution >= 4 is 39.2 Å². The van der Waals surface area contributed by atoms with E-state index in [1.165, 1.54) is 27.2 Å². The number of fused-ring (bicyclic) bond motifs is 2. The molecule has 0 spiro atoms. The van der Waals surface area contributed by atoms with Crippen LogP contribution in [0.2, 0.25) is 0 Å². The van der Waals surface area contributed by atoms with Gasteiger partial charge in [0.1, 0.15) is 28.9 Å². The second-order valence-electron chi connectivity index (χ2n) is 8.18. The van der Waals surface area contributed by atoms with Crippen molar-refractivity contribution in [3.05, 3.63) is 82.0 Å². The number of hydrogen-bond acceptors (Lipinski definition) is 7. The fourth-order valence-corrected chi connectivity index (χ4v) is 5.44. The predicted molar refractivity (Wildman–Crippen MR) is 124 cm³/mol. The summed E-state index contributed by atoms with van der Waals surface area (Å²) in [6, 6.07) is 8.82. The van der Waals surface area contributed by atoms with Crippen LogP contribution in [0, 0.1) is 5.92 Å². The van der Waals surface area contributed by atoms with E-state index in [2.05, 4.69) is 4.98 Å². The van der Waals surface area contributed by atoms with Crippen LogP contribution >= 0.6 is 11.3 Å². The number of thiophene rings is 1. The molecule has 4 aromatic rings. The van der Waals surface area contributed by atoms with Crippen molar-refractivity contribution in [1.82, 2.24) is 14.6 Å². The number of carbonyl (C=O) groups is 1. The molecule has 4 aromatic heterocycles. The molecule has 1 fully saturated rings. The highest BCUT2D eigenvalue weighted by Gasteiger charge is 2.45. The number of furan rings is 2. The van der Waals surface area contributed by atoms with E-state index in [1.54, 1.807) is 18.6 Å². The van der Waals surface area contributed by atoms with Crippen LogP contribution in [0.25, 0.3) is 16.3 Å². The Hall–Kier alpha value is -3.72. The lowest BCUT2D eigenvalue weighted by molar-refractivity contribution is -0.134. The summed E-state index contributed by atoms with van der Waals surface area (Å²) < 4.78 is 12.6. The molecule has 1 amide bonds. The third-order valence-corrected chi connectivity index (χ3v) is 7.03. The minimum atomic E-state index is -0.351. The molecule has 2 aliphatic rings. The Morgan fingerprint density at radius 2 is 2.09 bits per heavy atom. The first-order valence-corrected chi connectivity index (χ1v) is 11.7. The number of carbonyl (C=O) groups excluding carboxylic acids is 1. The van der Waals surface area contributed by atoms with Crippen molar-refractivity contribution in [1.29, 1.82) is 0 Å². The average Bonchev–Trinajstić information content (AvgIpc) is 3.61. The molecular formula is C24H20N4O4S. The Morgan fingerprint density at radius 1 is 1.21 bits per heavy atom. The van der Waals surface area contributed by atoms with Crippen LogP contribution in [0.3, 0.4) is 0 Å². The van der Waals surface area contributed by atoms with Crippen molar-refractivity contribution < 1.29 is 13.6 Å². The van der Waals surface area contributed by atoms with E-state index in [0.717, 1.165) is 36.3 Å². The van der Waals surface area contributed by atoms with E-state index in [0.29, 0.717) is 16.0 Å². The minimum absolute atomic E-state index is 0.0178. The first-order valence-electron chi connectivity index (χ1n) is 10.8. The highest BCUT2D eigenvalue weighted by molar-refractivity contribution is 7.16. The summed E-state index contributed by atoms with van der Waals surface area (Å²) in [5.74, 6) is 1.18. The highest BCUT2D eigenvalue weighted by atomic mass is 32.1. The van der Waals surface area contributed by atoms with Gasteiger partial charge < -0.3 is 8.83 Å². The van der Waals surface area contributed by atoms with Crippen LogP contribution in [0.1, 0.15) is 36.8 Å². The molecule has 1 aliphatic heterocycles. The highest BCUT2D eigenvalue weighted by Crippen LogP contribution is 2.44. The van der Waals surface area contributed by atoms with Crippen LogP contribution in [0.15, 0.2) is 78.9 Å². The zero-order chi connectivity index (χ0) is 22.4. The van der Waals surface area contributed by atoms with Gasteiger partial charge in [-0.15, -0.1) is 11.3 Å². The van der Waals surface area contributed by atoms with Gasteiger partial charge in [-0.1, -0.05) is 0 Å². The normalized spacial score (nSPS) is 21.5. The van der Waals surface area contributed by atoms with Crippen LogP contribution in [0.5, 0.6) is 0 Å². The predicted octanol–water partition coefficient (Wildman–Crippen LogP) is 4.47. The summed E-state index contributed by atoms with van der Waals surface area (Å²) in [6.07, 6.45) is 9.41. The fraction of sp³-hybridized carbons (Fsp3) is 0.250. The molecule has 0 bridgehead atoms. The largest absolute Gasteiger partial charge is 0.467 e. The molecule has 1 saturated carbocycles. The molecule has 0 radical (unpaired) electrons. The Labute approximate surface area is 192 Å². The van der Waals surface area contributed by atoms with Crippen LogP contribution < -0.4 is 5.56 Å². The van der Waals surface area contributed by atoms with Gasteiger partial charge in [-0.3, -0.25) is 14.2 Å². The summed E-state index contributed by atoms with van der Waals surface area (Å²) in [4.78, 5) is 31.3. The molecule has 0 aromatic carbocycles. The van der Waals surface area contributed by atoms with Crippen molar-refractivity contribution in [3.63, 3.8) is 0 Å². The van der Waals surface area contributed by atoms with Crippen molar-refractivity contribution in [2.24, 2.45) is 11.0 Å². The second-order valence-corrected chi connectivity index (χ2v) is 9.08. The smallest absolute Gasteiger partial charge is 0.263 e. The van der Waals surface area contributed by atoms with Crippen LogP contribution in [-0.4, -0.2) is 26.2 Å². The van der Waals surface area contributed by atoms with Gasteiger partial charge in [0.25, 0.3) is 11.5 Å². The standard InChI is InChI=1S/C24H20N4O4S/c29-20(13-27-14-25-23-18(24(27)30)8-11-33-23)28-22(19-7-3-10-32-19)17-6-1-4-15(21(17)26-28)12-16-5-2-9-31-16/h2-3,5,7-12,14,17,22H,1,4,6,13H2. The molecule has 9 heteroatoms. The number of allylic oxidation sites excluding steroid dienone is 1. The Kier molecular flexibility index (Phi) is 4.83. The number of hydrogen-bond donors (Lipinski definition) is 0. The summed E-state index contributed by atoms with van der Waals surface area (Å²) in [6.45, 7) is -0.143. The quantitative estimate of drug-likeness (QED) is 0.448. The molecule has 2 atom stereocenters. The molecule has 0 N–H and O–H groups in total. The summed E-state index contributed by atoms with van der Waals surface area (Å²) in [7, 11) is 0. The monoisotopic (exact) mass is 460 g/mol. The van der Waals surface area contributed by atoms with Crippen LogP contribution in [-0.2, 0) is 11.3 Å². The van der Waals surface area contributed by atoms with E-state index < -0.39 is 0 Å².